The van der Waals surface area contributed by atoms with Crippen LogP contribution in [0.4, 0.5) is 0 Å². The smallest absolute Gasteiger partial charge is 0.142 e. The summed E-state index contributed by atoms with van der Waals surface area (Å²) in [5.41, 5.74) is 1.96. The van der Waals surface area contributed by atoms with Gasteiger partial charge in [-0.2, -0.15) is 0 Å². The lowest BCUT2D eigenvalue weighted by molar-refractivity contribution is 0.835. The van der Waals surface area contributed by atoms with Crippen LogP contribution >= 0.6 is 15.9 Å². The largest absolute Gasteiger partial charge is 0.345 e. The van der Waals surface area contributed by atoms with Crippen molar-refractivity contribution in [1.29, 1.82) is 0 Å². The predicted octanol–water partition coefficient (Wildman–Crippen LogP) is 2.98. The lowest BCUT2D eigenvalue weighted by atomic mass is 10.2. The van der Waals surface area contributed by atoms with Crippen molar-refractivity contribution in [2.75, 3.05) is 0 Å². The minimum Gasteiger partial charge on any atom is -0.345 e. The molecule has 4 heteroatoms. The molecule has 0 radical (unpaired) electrons. The molecule has 0 aliphatic rings. The highest BCUT2D eigenvalue weighted by Gasteiger charge is 2.08. The van der Waals surface area contributed by atoms with Crippen molar-refractivity contribution >= 4 is 27.0 Å². The van der Waals surface area contributed by atoms with E-state index < -0.39 is 0 Å². The first-order chi connectivity index (χ1) is 6.72. The summed E-state index contributed by atoms with van der Waals surface area (Å²) >= 11 is 3.47. The number of aryl methyl sites for hydroxylation is 2. The fourth-order valence-electron chi connectivity index (χ4n) is 1.56. The van der Waals surface area contributed by atoms with E-state index in [-0.39, 0.29) is 0 Å². The number of aromatic amines is 1. The van der Waals surface area contributed by atoms with Gasteiger partial charge in [0.25, 0.3) is 0 Å². The molecule has 0 aliphatic heterocycles. The molecule has 0 spiro atoms. The molecule has 74 valence electrons. The molecule has 0 fully saturated rings. The van der Waals surface area contributed by atoms with E-state index in [2.05, 4.69) is 37.8 Å². The van der Waals surface area contributed by atoms with E-state index in [4.69, 9.17) is 0 Å². The van der Waals surface area contributed by atoms with Crippen molar-refractivity contribution in [2.45, 2.75) is 26.7 Å². The molecule has 0 saturated carbocycles. The second kappa shape index (κ2) is 3.69. The first kappa shape index (κ1) is 9.65. The van der Waals surface area contributed by atoms with Gasteiger partial charge in [-0.1, -0.05) is 6.92 Å². The number of halogens is 1. The van der Waals surface area contributed by atoms with Crippen LogP contribution in [0.3, 0.4) is 0 Å². The molecule has 0 aromatic carbocycles. The Morgan fingerprint density at radius 2 is 2.21 bits per heavy atom. The van der Waals surface area contributed by atoms with Gasteiger partial charge in [0.15, 0.2) is 0 Å². The Balaban J connectivity index is 2.62. The minimum atomic E-state index is 0.923. The summed E-state index contributed by atoms with van der Waals surface area (Å²) in [5.74, 6) is 0.923. The Hall–Kier alpha value is -0.900. The van der Waals surface area contributed by atoms with Gasteiger partial charge < -0.3 is 4.98 Å². The van der Waals surface area contributed by atoms with Crippen LogP contribution in [0.15, 0.2) is 10.7 Å². The number of H-pyrrole nitrogens is 1. The third-order valence-electron chi connectivity index (χ3n) is 2.18. The number of fused-ring (bicyclic) bond motifs is 1. The Morgan fingerprint density at radius 1 is 1.43 bits per heavy atom. The Bertz CT molecular complexity index is 462. The van der Waals surface area contributed by atoms with Gasteiger partial charge in [-0.25, -0.2) is 9.97 Å². The van der Waals surface area contributed by atoms with E-state index in [1.54, 1.807) is 0 Å². The Kier molecular flexibility index (Phi) is 2.54. The molecular formula is C10H12BrN3. The summed E-state index contributed by atoms with van der Waals surface area (Å²) in [6, 6.07) is 0. The van der Waals surface area contributed by atoms with Crippen molar-refractivity contribution in [3.63, 3.8) is 0 Å². The lowest BCUT2D eigenvalue weighted by Crippen LogP contribution is -1.97. The van der Waals surface area contributed by atoms with Gasteiger partial charge in [0.1, 0.15) is 11.5 Å². The maximum atomic E-state index is 4.46. The van der Waals surface area contributed by atoms with E-state index in [1.165, 1.54) is 0 Å². The molecule has 0 saturated heterocycles. The van der Waals surface area contributed by atoms with Crippen LogP contribution in [-0.2, 0) is 6.42 Å². The lowest BCUT2D eigenvalue weighted by Gasteiger charge is -2.00. The molecule has 0 bridgehead atoms. The van der Waals surface area contributed by atoms with Crippen LogP contribution in [-0.4, -0.2) is 15.0 Å². The highest BCUT2D eigenvalue weighted by Crippen LogP contribution is 2.24. The van der Waals surface area contributed by atoms with Gasteiger partial charge in [0.2, 0.25) is 0 Å². The van der Waals surface area contributed by atoms with Crippen LogP contribution < -0.4 is 0 Å². The molecule has 1 N–H and O–H groups in total. The second-order valence-corrected chi connectivity index (χ2v) is 4.19. The van der Waals surface area contributed by atoms with E-state index in [0.717, 1.165) is 39.9 Å². The topological polar surface area (TPSA) is 41.6 Å². The highest BCUT2D eigenvalue weighted by atomic mass is 79.9. The number of rotatable bonds is 2. The van der Waals surface area contributed by atoms with E-state index in [0.29, 0.717) is 0 Å². The van der Waals surface area contributed by atoms with Crippen molar-refractivity contribution in [1.82, 2.24) is 15.0 Å². The molecule has 0 aliphatic carbocycles. The highest BCUT2D eigenvalue weighted by molar-refractivity contribution is 9.10. The van der Waals surface area contributed by atoms with Crippen LogP contribution in [0.2, 0.25) is 0 Å². The van der Waals surface area contributed by atoms with Gasteiger partial charge in [-0.15, -0.1) is 0 Å². The normalized spacial score (nSPS) is 11.1. The first-order valence-electron chi connectivity index (χ1n) is 4.72. The molecule has 2 heterocycles. The van der Waals surface area contributed by atoms with Gasteiger partial charge in [-0.3, -0.25) is 0 Å². The minimum absolute atomic E-state index is 0.923. The van der Waals surface area contributed by atoms with E-state index in [9.17, 15) is 0 Å². The van der Waals surface area contributed by atoms with Gasteiger partial charge in [-0.05, 0) is 29.3 Å². The molecule has 3 nitrogen and oxygen atoms in total. The van der Waals surface area contributed by atoms with Crippen LogP contribution in [0, 0.1) is 6.92 Å². The monoisotopic (exact) mass is 253 g/mol. The quantitative estimate of drug-likeness (QED) is 0.895. The number of nitrogens with zero attached hydrogens (tertiary/aromatic N) is 2. The zero-order chi connectivity index (χ0) is 10.1. The average Bonchev–Trinajstić information content (AvgIpc) is 2.48. The van der Waals surface area contributed by atoms with Crippen LogP contribution in [0.25, 0.3) is 11.0 Å². The van der Waals surface area contributed by atoms with Crippen LogP contribution in [0.5, 0.6) is 0 Å². The van der Waals surface area contributed by atoms with Crippen molar-refractivity contribution in [3.05, 3.63) is 22.2 Å². The number of aromatic nitrogens is 3. The summed E-state index contributed by atoms with van der Waals surface area (Å²) in [6.45, 7) is 4.15. The number of hydrogen-bond acceptors (Lipinski definition) is 2. The van der Waals surface area contributed by atoms with Crippen molar-refractivity contribution in [3.8, 4) is 0 Å². The van der Waals surface area contributed by atoms with E-state index in [1.807, 2.05) is 13.1 Å². The SMILES string of the molecule is CCCc1nc(C)c2c(Br)c[nH]c2n1. The molecule has 0 unspecified atom stereocenters. The molecular weight excluding hydrogens is 242 g/mol. The molecule has 14 heavy (non-hydrogen) atoms. The zero-order valence-electron chi connectivity index (χ0n) is 8.26. The number of nitrogens with one attached hydrogen (secondary N) is 1. The molecule has 0 amide bonds. The third kappa shape index (κ3) is 1.54. The standard InChI is InChI=1S/C10H12BrN3/c1-3-4-8-13-6(2)9-7(11)5-12-10(9)14-8/h5H,3-4H2,1-2H3,(H,12,13,14). The van der Waals surface area contributed by atoms with Gasteiger partial charge >= 0.3 is 0 Å². The second-order valence-electron chi connectivity index (χ2n) is 3.34. The predicted molar refractivity (Wildman–Crippen MR) is 60.3 cm³/mol. The molecule has 2 aromatic heterocycles. The van der Waals surface area contributed by atoms with E-state index >= 15 is 0 Å². The van der Waals surface area contributed by atoms with Crippen LogP contribution in [0.1, 0.15) is 24.9 Å². The maximum Gasteiger partial charge on any atom is 0.142 e. The average molecular weight is 254 g/mol. The van der Waals surface area contributed by atoms with Crippen molar-refractivity contribution < 1.29 is 0 Å². The fraction of sp³-hybridized carbons (Fsp3) is 0.400. The van der Waals surface area contributed by atoms with Gasteiger partial charge in [0, 0.05) is 17.1 Å². The summed E-state index contributed by atoms with van der Waals surface area (Å²) in [5, 5.41) is 1.09. The maximum absolute atomic E-state index is 4.46. The zero-order valence-corrected chi connectivity index (χ0v) is 9.85. The number of hydrogen-bond donors (Lipinski definition) is 1. The summed E-state index contributed by atoms with van der Waals surface area (Å²) < 4.78 is 1.04. The fourth-order valence-corrected chi connectivity index (χ4v) is 2.15. The molecule has 0 atom stereocenters. The first-order valence-corrected chi connectivity index (χ1v) is 5.51. The van der Waals surface area contributed by atoms with Crippen molar-refractivity contribution in [2.24, 2.45) is 0 Å². The Labute approximate surface area is 91.1 Å². The summed E-state index contributed by atoms with van der Waals surface area (Å²) in [7, 11) is 0. The Morgan fingerprint density at radius 3 is 2.93 bits per heavy atom. The molecule has 2 aromatic rings. The molecule has 2 rings (SSSR count). The third-order valence-corrected chi connectivity index (χ3v) is 2.81. The van der Waals surface area contributed by atoms with Gasteiger partial charge in [0.05, 0.1) is 11.1 Å². The summed E-state index contributed by atoms with van der Waals surface area (Å²) in [6.07, 6.45) is 3.92. The summed E-state index contributed by atoms with van der Waals surface area (Å²) in [4.78, 5) is 12.0.